The van der Waals surface area contributed by atoms with Crippen molar-refractivity contribution >= 4 is 21.8 Å². The lowest BCUT2D eigenvalue weighted by atomic mass is 10.1. The highest BCUT2D eigenvalue weighted by atomic mass is 16.3. The van der Waals surface area contributed by atoms with Crippen LogP contribution in [-0.2, 0) is 6.54 Å². The molecule has 0 aliphatic rings. The summed E-state index contributed by atoms with van der Waals surface area (Å²) in [6.07, 6.45) is 0. The molecule has 0 aliphatic carbocycles. The van der Waals surface area contributed by atoms with Crippen LogP contribution in [0.1, 0.15) is 5.56 Å². The van der Waals surface area contributed by atoms with E-state index in [1.54, 1.807) is 18.2 Å². The first-order valence-electron chi connectivity index (χ1n) is 7.21. The summed E-state index contributed by atoms with van der Waals surface area (Å²) in [5, 5.41) is 21.7. The van der Waals surface area contributed by atoms with E-state index in [4.69, 9.17) is 0 Å². The van der Waals surface area contributed by atoms with Gasteiger partial charge in [-0.1, -0.05) is 36.4 Å². The van der Waals surface area contributed by atoms with Crippen LogP contribution in [0.5, 0.6) is 11.5 Å². The molecule has 108 valence electrons. The van der Waals surface area contributed by atoms with Gasteiger partial charge in [-0.3, -0.25) is 0 Å². The highest BCUT2D eigenvalue weighted by molar-refractivity contribution is 6.11. The highest BCUT2D eigenvalue weighted by Crippen LogP contribution is 2.36. The van der Waals surface area contributed by atoms with Crippen molar-refractivity contribution in [1.82, 2.24) is 4.57 Å². The largest absolute Gasteiger partial charge is 0.508 e. The topological polar surface area (TPSA) is 45.4 Å². The smallest absolute Gasteiger partial charge is 0.125 e. The van der Waals surface area contributed by atoms with Crippen LogP contribution in [0.3, 0.4) is 0 Å². The molecular formula is C19H15NO2. The maximum atomic E-state index is 10.2. The van der Waals surface area contributed by atoms with Gasteiger partial charge in [-0.15, -0.1) is 0 Å². The van der Waals surface area contributed by atoms with Gasteiger partial charge >= 0.3 is 0 Å². The molecule has 1 heterocycles. The van der Waals surface area contributed by atoms with Gasteiger partial charge in [0.1, 0.15) is 11.5 Å². The molecular weight excluding hydrogens is 274 g/mol. The van der Waals surface area contributed by atoms with Crippen molar-refractivity contribution in [1.29, 1.82) is 0 Å². The van der Waals surface area contributed by atoms with Crippen LogP contribution in [0.4, 0.5) is 0 Å². The molecule has 1 aromatic heterocycles. The Hall–Kier alpha value is -2.94. The van der Waals surface area contributed by atoms with Crippen LogP contribution in [0.25, 0.3) is 21.8 Å². The van der Waals surface area contributed by atoms with Gasteiger partial charge in [-0.05, 0) is 35.9 Å². The van der Waals surface area contributed by atoms with Gasteiger partial charge in [-0.2, -0.15) is 0 Å². The van der Waals surface area contributed by atoms with Gasteiger partial charge in [0, 0.05) is 22.8 Å². The molecule has 0 amide bonds. The molecule has 0 saturated carbocycles. The second-order valence-electron chi connectivity index (χ2n) is 5.44. The molecule has 2 N–H and O–H groups in total. The Kier molecular flexibility index (Phi) is 2.79. The van der Waals surface area contributed by atoms with Gasteiger partial charge in [-0.25, -0.2) is 0 Å². The van der Waals surface area contributed by atoms with Crippen molar-refractivity contribution in [2.24, 2.45) is 0 Å². The highest BCUT2D eigenvalue weighted by Gasteiger charge is 2.14. The Bertz CT molecular complexity index is 971. The Morgan fingerprint density at radius 1 is 0.773 bits per heavy atom. The summed E-state index contributed by atoms with van der Waals surface area (Å²) in [5.41, 5.74) is 3.15. The average Bonchev–Trinajstić information content (AvgIpc) is 2.83. The molecule has 22 heavy (non-hydrogen) atoms. The minimum absolute atomic E-state index is 0.203. The van der Waals surface area contributed by atoms with Crippen LogP contribution >= 0.6 is 0 Å². The predicted molar refractivity (Wildman–Crippen MR) is 88.3 cm³/mol. The second-order valence-corrected chi connectivity index (χ2v) is 5.44. The molecule has 3 aromatic carbocycles. The molecule has 3 nitrogen and oxygen atoms in total. The summed E-state index contributed by atoms with van der Waals surface area (Å²) in [5.74, 6) is 0.439. The molecule has 0 saturated heterocycles. The van der Waals surface area contributed by atoms with E-state index in [0.29, 0.717) is 0 Å². The van der Waals surface area contributed by atoms with Gasteiger partial charge < -0.3 is 14.8 Å². The third kappa shape index (κ3) is 1.91. The number of aromatic nitrogens is 1. The SMILES string of the molecule is Oc1ccc2c(c1)c1c(O)cccc1n2Cc1ccccc1. The molecule has 0 unspecified atom stereocenters. The average molecular weight is 289 g/mol. The zero-order chi connectivity index (χ0) is 15.1. The number of aromatic hydroxyl groups is 2. The lowest BCUT2D eigenvalue weighted by Gasteiger charge is -2.07. The summed E-state index contributed by atoms with van der Waals surface area (Å²) in [6, 6.07) is 21.0. The van der Waals surface area contributed by atoms with E-state index in [9.17, 15) is 10.2 Å². The van der Waals surface area contributed by atoms with E-state index in [1.165, 1.54) is 5.56 Å². The van der Waals surface area contributed by atoms with E-state index in [0.717, 1.165) is 28.4 Å². The fourth-order valence-electron chi connectivity index (χ4n) is 3.05. The lowest BCUT2D eigenvalue weighted by Crippen LogP contribution is -1.98. The second kappa shape index (κ2) is 4.81. The number of benzene rings is 3. The van der Waals surface area contributed by atoms with Crippen molar-refractivity contribution in [3.63, 3.8) is 0 Å². The van der Waals surface area contributed by atoms with Crippen LogP contribution < -0.4 is 0 Å². The van der Waals surface area contributed by atoms with E-state index in [2.05, 4.69) is 16.7 Å². The Morgan fingerprint density at radius 2 is 1.59 bits per heavy atom. The van der Waals surface area contributed by atoms with Crippen LogP contribution in [0, 0.1) is 0 Å². The summed E-state index contributed by atoms with van der Waals surface area (Å²) in [4.78, 5) is 0. The number of hydrogen-bond donors (Lipinski definition) is 2. The number of hydrogen-bond acceptors (Lipinski definition) is 2. The standard InChI is InChI=1S/C19H15NO2/c21-14-9-10-16-15(11-14)19-17(7-4-8-18(19)22)20(16)12-13-5-2-1-3-6-13/h1-11,21-22H,12H2. The maximum absolute atomic E-state index is 10.2. The van der Waals surface area contributed by atoms with Gasteiger partial charge in [0.05, 0.1) is 5.52 Å². The minimum atomic E-state index is 0.203. The number of phenols is 2. The van der Waals surface area contributed by atoms with Gasteiger partial charge in [0.2, 0.25) is 0 Å². The molecule has 3 heteroatoms. The summed E-state index contributed by atoms with van der Waals surface area (Å²) in [7, 11) is 0. The van der Waals surface area contributed by atoms with Crippen molar-refractivity contribution in [2.75, 3.05) is 0 Å². The first kappa shape index (κ1) is 12.8. The summed E-state index contributed by atoms with van der Waals surface area (Å²) < 4.78 is 2.17. The van der Waals surface area contributed by atoms with E-state index in [-0.39, 0.29) is 11.5 Å². The number of phenolic OH excluding ortho intramolecular Hbond substituents is 2. The fourth-order valence-corrected chi connectivity index (χ4v) is 3.05. The molecule has 0 bridgehead atoms. The van der Waals surface area contributed by atoms with Crippen molar-refractivity contribution in [2.45, 2.75) is 6.54 Å². The molecule has 0 radical (unpaired) electrons. The molecule has 4 rings (SSSR count). The van der Waals surface area contributed by atoms with E-state index >= 15 is 0 Å². The monoisotopic (exact) mass is 289 g/mol. The summed E-state index contributed by atoms with van der Waals surface area (Å²) in [6.45, 7) is 0.717. The van der Waals surface area contributed by atoms with Crippen molar-refractivity contribution in [3.8, 4) is 11.5 Å². The Labute approximate surface area is 127 Å². The Morgan fingerprint density at radius 3 is 2.41 bits per heavy atom. The zero-order valence-electron chi connectivity index (χ0n) is 11.9. The fraction of sp³-hybridized carbons (Fsp3) is 0.0526. The van der Waals surface area contributed by atoms with Crippen molar-refractivity contribution in [3.05, 3.63) is 72.3 Å². The maximum Gasteiger partial charge on any atom is 0.125 e. The molecule has 0 atom stereocenters. The minimum Gasteiger partial charge on any atom is -0.508 e. The van der Waals surface area contributed by atoms with E-state index < -0.39 is 0 Å². The zero-order valence-corrected chi connectivity index (χ0v) is 11.9. The Balaban J connectivity index is 2.05. The first-order chi connectivity index (χ1) is 10.7. The van der Waals surface area contributed by atoms with Gasteiger partial charge in [0.15, 0.2) is 0 Å². The molecule has 4 aromatic rings. The molecule has 0 fully saturated rings. The molecule has 0 spiro atoms. The van der Waals surface area contributed by atoms with Crippen molar-refractivity contribution < 1.29 is 10.2 Å². The van der Waals surface area contributed by atoms with Crippen LogP contribution in [-0.4, -0.2) is 14.8 Å². The summed E-state index contributed by atoms with van der Waals surface area (Å²) >= 11 is 0. The number of rotatable bonds is 2. The number of nitrogens with zero attached hydrogens (tertiary/aromatic N) is 1. The lowest BCUT2D eigenvalue weighted by molar-refractivity contribution is 0.476. The number of fused-ring (bicyclic) bond motifs is 3. The van der Waals surface area contributed by atoms with E-state index in [1.807, 2.05) is 36.4 Å². The quantitative estimate of drug-likeness (QED) is 0.579. The predicted octanol–water partition coefficient (Wildman–Crippen LogP) is 4.25. The van der Waals surface area contributed by atoms with Crippen LogP contribution in [0.2, 0.25) is 0 Å². The first-order valence-corrected chi connectivity index (χ1v) is 7.21. The normalized spacial score (nSPS) is 11.3. The van der Waals surface area contributed by atoms with Gasteiger partial charge in [0.25, 0.3) is 0 Å². The van der Waals surface area contributed by atoms with Crippen LogP contribution in [0.15, 0.2) is 66.7 Å². The third-order valence-corrected chi connectivity index (χ3v) is 4.04. The molecule has 0 aliphatic heterocycles. The third-order valence-electron chi connectivity index (χ3n) is 4.04.